The Bertz CT molecular complexity index is 1600. The van der Waals surface area contributed by atoms with Gasteiger partial charge in [0.2, 0.25) is 0 Å². The number of hydrogen-bond donors (Lipinski definition) is 2. The van der Waals surface area contributed by atoms with Crippen molar-refractivity contribution in [1.29, 1.82) is 0 Å². The molecule has 4 rings (SSSR count). The van der Waals surface area contributed by atoms with E-state index in [1.807, 2.05) is 0 Å². The molecule has 0 spiro atoms. The molecule has 0 aliphatic carbocycles. The first kappa shape index (κ1) is 23.9. The van der Waals surface area contributed by atoms with Gasteiger partial charge in [0.1, 0.15) is 17.3 Å². The molecule has 4 aromatic rings. The van der Waals surface area contributed by atoms with Crippen LogP contribution >= 0.6 is 0 Å². The smallest absolute Gasteiger partial charge is 0.341 e. The summed E-state index contributed by atoms with van der Waals surface area (Å²) in [6.45, 7) is 1.15. The fourth-order valence-corrected chi connectivity index (χ4v) is 4.55. The predicted molar refractivity (Wildman–Crippen MR) is 127 cm³/mol. The highest BCUT2D eigenvalue weighted by Gasteiger charge is 2.23. The van der Waals surface area contributed by atoms with Crippen molar-refractivity contribution in [2.24, 2.45) is 21.1 Å². The van der Waals surface area contributed by atoms with Crippen molar-refractivity contribution in [1.82, 2.24) is 18.7 Å². The number of nitrogens with zero attached hydrogens (tertiary/aromatic N) is 4. The first-order chi connectivity index (χ1) is 16.5. The van der Waals surface area contributed by atoms with Crippen LogP contribution in [0.4, 0.5) is 5.69 Å². The van der Waals surface area contributed by atoms with Crippen molar-refractivity contribution in [2.75, 3.05) is 11.3 Å². The molecular weight excluding hydrogens is 478 g/mol. The molecule has 2 heterocycles. The molecular formula is C22H23N5O7S. The zero-order chi connectivity index (χ0) is 25.5. The van der Waals surface area contributed by atoms with E-state index >= 15 is 0 Å². The van der Waals surface area contributed by atoms with Gasteiger partial charge in [0.05, 0.1) is 16.7 Å². The molecule has 0 aliphatic heterocycles. The number of imidazole rings is 2. The number of carbonyl (C=O) groups is 1. The van der Waals surface area contributed by atoms with Gasteiger partial charge in [0.15, 0.2) is 17.4 Å². The number of carboxylic acids is 1. The molecule has 0 bridgehead atoms. The number of ether oxygens (including phenoxy) is 2. The van der Waals surface area contributed by atoms with Crippen LogP contribution in [0.1, 0.15) is 5.82 Å². The second-order valence-electron chi connectivity index (χ2n) is 7.84. The Kier molecular flexibility index (Phi) is 6.03. The van der Waals surface area contributed by atoms with Crippen molar-refractivity contribution in [2.45, 2.75) is 11.9 Å². The minimum atomic E-state index is -4.09. The van der Waals surface area contributed by atoms with Crippen LogP contribution in [-0.4, -0.2) is 44.8 Å². The zero-order valence-electron chi connectivity index (χ0n) is 19.3. The van der Waals surface area contributed by atoms with Gasteiger partial charge in [-0.15, -0.1) is 0 Å². The van der Waals surface area contributed by atoms with E-state index in [-0.39, 0.29) is 33.7 Å². The predicted octanol–water partition coefficient (Wildman–Crippen LogP) is 1.98. The fraction of sp³-hybridized carbons (Fsp3) is 0.227. The Hall–Kier alpha value is -4.26. The third-order valence-corrected chi connectivity index (χ3v) is 6.61. The quantitative estimate of drug-likeness (QED) is 0.373. The van der Waals surface area contributed by atoms with Crippen LogP contribution in [0.25, 0.3) is 11.0 Å². The number of hydrogen-bond acceptors (Lipinski definition) is 7. The average Bonchev–Trinajstić information content (AvgIpc) is 3.25. The molecule has 12 nitrogen and oxygen atoms in total. The van der Waals surface area contributed by atoms with Gasteiger partial charge < -0.3 is 19.1 Å². The van der Waals surface area contributed by atoms with Crippen molar-refractivity contribution in [3.05, 3.63) is 58.9 Å². The van der Waals surface area contributed by atoms with Crippen LogP contribution in [0.15, 0.2) is 52.4 Å². The Labute approximate surface area is 200 Å². The maximum absolute atomic E-state index is 13.1. The third-order valence-electron chi connectivity index (χ3n) is 5.38. The number of fused-ring (bicyclic) bond motifs is 1. The minimum Gasteiger partial charge on any atom is -0.482 e. The Balaban J connectivity index is 1.79. The average molecular weight is 502 g/mol. The summed E-state index contributed by atoms with van der Waals surface area (Å²) in [5.74, 6) is 0.0194. The van der Waals surface area contributed by atoms with Gasteiger partial charge in [-0.1, -0.05) is 6.07 Å². The lowest BCUT2D eigenvalue weighted by Gasteiger charge is -2.14. The number of sulfonamides is 1. The second-order valence-corrected chi connectivity index (χ2v) is 9.47. The zero-order valence-corrected chi connectivity index (χ0v) is 20.2. The van der Waals surface area contributed by atoms with Gasteiger partial charge in [0.25, 0.3) is 10.0 Å². The Morgan fingerprint density at radius 1 is 1.09 bits per heavy atom. The van der Waals surface area contributed by atoms with E-state index in [9.17, 15) is 18.0 Å². The van der Waals surface area contributed by atoms with E-state index in [0.29, 0.717) is 16.9 Å². The summed E-state index contributed by atoms with van der Waals surface area (Å²) in [6.07, 6.45) is 1.39. The molecule has 0 radical (unpaired) electrons. The second kappa shape index (κ2) is 8.83. The Morgan fingerprint density at radius 2 is 1.74 bits per heavy atom. The first-order valence-electron chi connectivity index (χ1n) is 10.3. The van der Waals surface area contributed by atoms with Gasteiger partial charge in [0, 0.05) is 39.5 Å². The van der Waals surface area contributed by atoms with Crippen molar-refractivity contribution in [3.8, 4) is 17.2 Å². The summed E-state index contributed by atoms with van der Waals surface area (Å²) in [6, 6.07) is 9.28. The molecule has 2 aromatic heterocycles. The molecule has 184 valence electrons. The molecule has 2 N–H and O–H groups in total. The SMILES string of the molecule is Cc1nc(S(=O)(=O)Nc2cc3c(cc2Oc2cccc(OCC(=O)O)c2)n(C)c(=O)n3C)cn1C. The third kappa shape index (κ3) is 4.71. The number of aromatic nitrogens is 4. The van der Waals surface area contributed by atoms with E-state index in [2.05, 4.69) is 9.71 Å². The van der Waals surface area contributed by atoms with Crippen LogP contribution in [0.3, 0.4) is 0 Å². The number of anilines is 1. The summed E-state index contributed by atoms with van der Waals surface area (Å²) in [5.41, 5.74) is 0.787. The van der Waals surface area contributed by atoms with E-state index in [4.69, 9.17) is 14.6 Å². The fourth-order valence-electron chi connectivity index (χ4n) is 3.44. The van der Waals surface area contributed by atoms with Crippen LogP contribution in [-0.2, 0) is 36.0 Å². The first-order valence-corrected chi connectivity index (χ1v) is 11.8. The van der Waals surface area contributed by atoms with Gasteiger partial charge in [-0.2, -0.15) is 8.42 Å². The number of benzene rings is 2. The number of carboxylic acid groups (broad SMARTS) is 1. The van der Waals surface area contributed by atoms with E-state index in [1.54, 1.807) is 56.9 Å². The molecule has 0 atom stereocenters. The van der Waals surface area contributed by atoms with Crippen molar-refractivity contribution < 1.29 is 27.8 Å². The van der Waals surface area contributed by atoms with E-state index < -0.39 is 22.6 Å². The topological polar surface area (TPSA) is 147 Å². The molecule has 0 aliphatic rings. The van der Waals surface area contributed by atoms with Gasteiger partial charge >= 0.3 is 11.7 Å². The highest BCUT2D eigenvalue weighted by atomic mass is 32.2. The maximum atomic E-state index is 13.1. The standard InChI is InChI=1S/C22H23N5O7S/c1-13-23-20(11-25(13)2)35(31,32)24-16-9-17-18(27(4)22(30)26(17)3)10-19(16)34-15-7-5-6-14(8-15)33-12-21(28)29/h5-11,24H,12H2,1-4H3,(H,28,29). The van der Waals surface area contributed by atoms with Gasteiger partial charge in [-0.05, 0) is 25.1 Å². The van der Waals surface area contributed by atoms with Crippen LogP contribution < -0.4 is 19.9 Å². The van der Waals surface area contributed by atoms with Gasteiger partial charge in [-0.3, -0.25) is 13.9 Å². The lowest BCUT2D eigenvalue weighted by Crippen LogP contribution is -2.19. The largest absolute Gasteiger partial charge is 0.482 e. The number of rotatable bonds is 8. The summed E-state index contributed by atoms with van der Waals surface area (Å²) >= 11 is 0. The van der Waals surface area contributed by atoms with Crippen LogP contribution in [0.2, 0.25) is 0 Å². The normalized spacial score (nSPS) is 11.5. The molecule has 0 fully saturated rings. The van der Waals surface area contributed by atoms with Crippen molar-refractivity contribution >= 4 is 32.7 Å². The monoisotopic (exact) mass is 501 g/mol. The number of aryl methyl sites for hydroxylation is 4. The molecule has 2 aromatic carbocycles. The van der Waals surface area contributed by atoms with Crippen LogP contribution in [0, 0.1) is 6.92 Å². The van der Waals surface area contributed by atoms with Gasteiger partial charge in [-0.25, -0.2) is 14.6 Å². The number of aliphatic carboxylic acids is 1. The van der Waals surface area contributed by atoms with E-state index in [0.717, 1.165) is 0 Å². The number of nitrogens with one attached hydrogen (secondary N) is 1. The summed E-state index contributed by atoms with van der Waals surface area (Å²) in [4.78, 5) is 27.3. The highest BCUT2D eigenvalue weighted by Crippen LogP contribution is 2.35. The molecule has 13 heteroatoms. The lowest BCUT2D eigenvalue weighted by molar-refractivity contribution is -0.139. The molecule has 0 saturated heterocycles. The maximum Gasteiger partial charge on any atom is 0.341 e. The Morgan fingerprint density at radius 3 is 2.37 bits per heavy atom. The molecule has 0 unspecified atom stereocenters. The minimum absolute atomic E-state index is 0.0823. The summed E-state index contributed by atoms with van der Waals surface area (Å²) in [7, 11) is 0.765. The summed E-state index contributed by atoms with van der Waals surface area (Å²) < 4.78 is 44.2. The van der Waals surface area contributed by atoms with Crippen LogP contribution in [0.5, 0.6) is 17.2 Å². The summed E-state index contributed by atoms with van der Waals surface area (Å²) in [5, 5.41) is 8.66. The molecule has 0 saturated carbocycles. The highest BCUT2D eigenvalue weighted by molar-refractivity contribution is 7.92. The lowest BCUT2D eigenvalue weighted by atomic mass is 10.2. The van der Waals surface area contributed by atoms with Crippen molar-refractivity contribution in [3.63, 3.8) is 0 Å². The molecule has 0 amide bonds. The molecule has 35 heavy (non-hydrogen) atoms. The van der Waals surface area contributed by atoms with E-state index in [1.165, 1.54) is 27.5 Å².